The van der Waals surface area contributed by atoms with Crippen LogP contribution >= 0.6 is 27.7 Å². The number of anilines is 2. The first-order chi connectivity index (χ1) is 15.6. The molecule has 1 saturated heterocycles. The lowest BCUT2D eigenvalue weighted by Crippen LogP contribution is -2.46. The van der Waals surface area contributed by atoms with Crippen molar-refractivity contribution in [1.29, 1.82) is 0 Å². The van der Waals surface area contributed by atoms with Crippen molar-refractivity contribution in [3.63, 3.8) is 0 Å². The third-order valence-electron chi connectivity index (χ3n) is 5.01. The van der Waals surface area contributed by atoms with Gasteiger partial charge in [0.15, 0.2) is 0 Å². The van der Waals surface area contributed by atoms with Crippen LogP contribution in [-0.4, -0.2) is 59.5 Å². The predicted octanol–water partition coefficient (Wildman–Crippen LogP) is 3.99. The lowest BCUT2D eigenvalue weighted by Gasteiger charge is -2.35. The van der Waals surface area contributed by atoms with Crippen molar-refractivity contribution >= 4 is 45.0 Å². The summed E-state index contributed by atoms with van der Waals surface area (Å²) in [7, 11) is 0. The highest BCUT2D eigenvalue weighted by molar-refractivity contribution is 9.10. The number of piperazine rings is 1. The van der Waals surface area contributed by atoms with Gasteiger partial charge in [-0.25, -0.2) is 0 Å². The van der Waals surface area contributed by atoms with Crippen LogP contribution in [0.3, 0.4) is 0 Å². The molecule has 0 atom stereocenters. The van der Waals surface area contributed by atoms with Gasteiger partial charge >= 0.3 is 0 Å². The highest BCUT2D eigenvalue weighted by Crippen LogP contribution is 2.25. The molecule has 1 amide bonds. The molecule has 0 saturated carbocycles. The summed E-state index contributed by atoms with van der Waals surface area (Å²) in [5, 5.41) is 11.3. The maximum absolute atomic E-state index is 12.3. The molecule has 4 rings (SSSR count). The second kappa shape index (κ2) is 10.7. The molecule has 2 aromatic carbocycles. The van der Waals surface area contributed by atoms with E-state index in [4.69, 9.17) is 10.8 Å². The Morgan fingerprint density at radius 2 is 1.94 bits per heavy atom. The van der Waals surface area contributed by atoms with Crippen molar-refractivity contribution in [2.75, 3.05) is 48.7 Å². The van der Waals surface area contributed by atoms with Crippen LogP contribution < -0.4 is 10.2 Å². The van der Waals surface area contributed by atoms with E-state index >= 15 is 0 Å². The summed E-state index contributed by atoms with van der Waals surface area (Å²) in [6.45, 7) is 4.50. The largest absolute Gasteiger partial charge is 0.411 e. The summed E-state index contributed by atoms with van der Waals surface area (Å²) in [5.41, 5.74) is 2.72. The van der Waals surface area contributed by atoms with Crippen molar-refractivity contribution < 1.29 is 9.21 Å². The van der Waals surface area contributed by atoms with Crippen LogP contribution in [0.4, 0.5) is 11.4 Å². The van der Waals surface area contributed by atoms with Gasteiger partial charge in [0, 0.05) is 47.6 Å². The molecule has 1 aromatic heterocycles. The summed E-state index contributed by atoms with van der Waals surface area (Å²) < 4.78 is 6.58. The molecule has 1 N–H and O–H groups in total. The Balaban J connectivity index is 1.25. The van der Waals surface area contributed by atoms with Crippen molar-refractivity contribution in [1.82, 2.24) is 15.1 Å². The molecule has 0 unspecified atom stereocenters. The van der Waals surface area contributed by atoms with Gasteiger partial charge in [0.05, 0.1) is 12.3 Å². The molecule has 32 heavy (non-hydrogen) atoms. The molecule has 1 aliphatic heterocycles. The summed E-state index contributed by atoms with van der Waals surface area (Å²) in [6.07, 6.45) is 5.39. The van der Waals surface area contributed by atoms with Crippen molar-refractivity contribution in [3.05, 3.63) is 53.0 Å². The minimum Gasteiger partial charge on any atom is -0.411 e. The number of hydrogen-bond donors (Lipinski definition) is 1. The maximum atomic E-state index is 12.3. The first-order valence-corrected chi connectivity index (χ1v) is 11.9. The van der Waals surface area contributed by atoms with E-state index in [2.05, 4.69) is 47.2 Å². The first kappa shape index (κ1) is 22.4. The number of hydrogen-bond acceptors (Lipinski definition) is 7. The van der Waals surface area contributed by atoms with E-state index in [0.717, 1.165) is 47.6 Å². The van der Waals surface area contributed by atoms with Crippen LogP contribution in [0.5, 0.6) is 0 Å². The molecule has 1 aliphatic rings. The summed E-state index contributed by atoms with van der Waals surface area (Å²) in [4.78, 5) is 16.9. The van der Waals surface area contributed by atoms with E-state index in [0.29, 0.717) is 17.7 Å². The first-order valence-electron chi connectivity index (χ1n) is 10.1. The summed E-state index contributed by atoms with van der Waals surface area (Å²) in [5.74, 6) is 3.17. The predicted molar refractivity (Wildman–Crippen MR) is 131 cm³/mol. The number of aromatic nitrogens is 2. The Morgan fingerprint density at radius 1 is 1.16 bits per heavy atom. The average molecular weight is 512 g/mol. The summed E-state index contributed by atoms with van der Waals surface area (Å²) in [6, 6.07) is 15.5. The Morgan fingerprint density at radius 3 is 2.66 bits per heavy atom. The molecule has 0 aliphatic carbocycles. The molecular formula is C23H22BrN5O2S. The van der Waals surface area contributed by atoms with Gasteiger partial charge in [0.2, 0.25) is 11.8 Å². The molecule has 9 heteroatoms. The Bertz CT molecular complexity index is 1100. The minimum absolute atomic E-state index is 0.132. The van der Waals surface area contributed by atoms with E-state index in [1.165, 1.54) is 11.8 Å². The van der Waals surface area contributed by atoms with E-state index < -0.39 is 0 Å². The number of halogens is 1. The van der Waals surface area contributed by atoms with Gasteiger partial charge in [-0.1, -0.05) is 39.7 Å². The Kier molecular flexibility index (Phi) is 7.47. The average Bonchev–Trinajstić information content (AvgIpc) is 3.28. The van der Waals surface area contributed by atoms with E-state index in [1.807, 2.05) is 48.5 Å². The van der Waals surface area contributed by atoms with Gasteiger partial charge in [0.1, 0.15) is 0 Å². The number of carbonyl (C=O) groups is 1. The standard InChI is InChI=1S/C23H22BrN5O2S/c1-2-10-28-11-13-29(14-12-28)20-8-6-19(7-9-20)25-21(30)16-32-23-27-26-22(31-23)17-4-3-5-18(24)15-17/h1,3-9,15H,10-14,16H2,(H,25,30). The third kappa shape index (κ3) is 5.91. The van der Waals surface area contributed by atoms with Crippen molar-refractivity contribution in [2.24, 2.45) is 0 Å². The maximum Gasteiger partial charge on any atom is 0.277 e. The number of terminal acetylenes is 1. The van der Waals surface area contributed by atoms with Crippen LogP contribution in [-0.2, 0) is 4.79 Å². The molecule has 0 spiro atoms. The molecule has 0 radical (unpaired) electrons. The van der Waals surface area contributed by atoms with Gasteiger partial charge in [-0.3, -0.25) is 9.69 Å². The zero-order valence-electron chi connectivity index (χ0n) is 17.3. The highest BCUT2D eigenvalue weighted by Gasteiger charge is 2.16. The van der Waals surface area contributed by atoms with Crippen molar-refractivity contribution in [2.45, 2.75) is 5.22 Å². The SMILES string of the molecule is C#CCN1CCN(c2ccc(NC(=O)CSc3nnc(-c4cccc(Br)c4)o3)cc2)CC1. The second-order valence-corrected chi connectivity index (χ2v) is 9.08. The number of carbonyl (C=O) groups excluding carboxylic acids is 1. The zero-order valence-corrected chi connectivity index (χ0v) is 19.7. The normalized spacial score (nSPS) is 14.2. The van der Waals surface area contributed by atoms with Gasteiger partial charge in [-0.2, -0.15) is 0 Å². The van der Waals surface area contributed by atoms with E-state index in [-0.39, 0.29) is 11.7 Å². The number of thioether (sulfide) groups is 1. The summed E-state index contributed by atoms with van der Waals surface area (Å²) >= 11 is 4.63. The van der Waals surface area contributed by atoms with Crippen LogP contribution in [0.25, 0.3) is 11.5 Å². The molecule has 1 fully saturated rings. The Labute approximate surface area is 199 Å². The van der Waals surface area contributed by atoms with Crippen LogP contribution in [0.1, 0.15) is 0 Å². The third-order valence-corrected chi connectivity index (χ3v) is 6.32. The lowest BCUT2D eigenvalue weighted by atomic mass is 10.2. The monoisotopic (exact) mass is 511 g/mol. The number of amides is 1. The molecule has 3 aromatic rings. The molecule has 7 nitrogen and oxygen atoms in total. The smallest absolute Gasteiger partial charge is 0.277 e. The topological polar surface area (TPSA) is 74.5 Å². The number of nitrogens with zero attached hydrogens (tertiary/aromatic N) is 4. The molecule has 164 valence electrons. The minimum atomic E-state index is -0.132. The van der Waals surface area contributed by atoms with Crippen LogP contribution in [0.2, 0.25) is 0 Å². The molecule has 2 heterocycles. The van der Waals surface area contributed by atoms with Gasteiger partial charge in [0.25, 0.3) is 5.22 Å². The van der Waals surface area contributed by atoms with Crippen molar-refractivity contribution in [3.8, 4) is 23.8 Å². The van der Waals surface area contributed by atoms with Gasteiger partial charge in [-0.15, -0.1) is 16.6 Å². The lowest BCUT2D eigenvalue weighted by molar-refractivity contribution is -0.113. The van der Waals surface area contributed by atoms with Crippen LogP contribution in [0, 0.1) is 12.3 Å². The van der Waals surface area contributed by atoms with E-state index in [9.17, 15) is 4.79 Å². The fourth-order valence-electron chi connectivity index (χ4n) is 3.38. The number of rotatable bonds is 7. The fourth-order valence-corrected chi connectivity index (χ4v) is 4.34. The zero-order chi connectivity index (χ0) is 22.3. The van der Waals surface area contributed by atoms with Crippen LogP contribution in [0.15, 0.2) is 62.6 Å². The fraction of sp³-hybridized carbons (Fsp3) is 0.261. The highest BCUT2D eigenvalue weighted by atomic mass is 79.9. The van der Waals surface area contributed by atoms with E-state index in [1.54, 1.807) is 0 Å². The Hall–Kier alpha value is -2.80. The molecular weight excluding hydrogens is 490 g/mol. The quantitative estimate of drug-likeness (QED) is 0.379. The number of nitrogens with one attached hydrogen (secondary N) is 1. The second-order valence-electron chi connectivity index (χ2n) is 7.23. The number of benzene rings is 2. The molecule has 0 bridgehead atoms. The van der Waals surface area contributed by atoms with Gasteiger partial charge in [-0.05, 0) is 42.5 Å². The van der Waals surface area contributed by atoms with Gasteiger partial charge < -0.3 is 14.6 Å².